The van der Waals surface area contributed by atoms with Crippen molar-refractivity contribution in [2.75, 3.05) is 13.7 Å². The molecule has 1 atom stereocenters. The molecule has 6 heteroatoms. The molecule has 144 valence electrons. The standard InChI is InChI=1S/C20H28O6/c1-3-20(13-6-14-25-20)26-19(22)8-5-4-7-18(21)24-15-16-9-11-17(23-2)12-10-16/h9-12H,3-8,13-15H2,1-2H3. The van der Waals surface area contributed by atoms with Crippen molar-refractivity contribution in [1.29, 1.82) is 0 Å². The number of ether oxygens (including phenoxy) is 4. The van der Waals surface area contributed by atoms with Gasteiger partial charge in [0.1, 0.15) is 12.4 Å². The van der Waals surface area contributed by atoms with Gasteiger partial charge in [0.05, 0.1) is 13.7 Å². The largest absolute Gasteiger partial charge is 0.497 e. The third-order valence-corrected chi connectivity index (χ3v) is 4.48. The Morgan fingerprint density at radius 1 is 1.12 bits per heavy atom. The summed E-state index contributed by atoms with van der Waals surface area (Å²) in [6, 6.07) is 7.37. The lowest BCUT2D eigenvalue weighted by molar-refractivity contribution is -0.214. The molecule has 1 heterocycles. The first-order valence-corrected chi connectivity index (χ1v) is 9.21. The molecule has 0 aliphatic carbocycles. The fourth-order valence-corrected chi connectivity index (χ4v) is 2.86. The molecule has 1 aromatic carbocycles. The zero-order valence-corrected chi connectivity index (χ0v) is 15.6. The first-order chi connectivity index (χ1) is 12.6. The van der Waals surface area contributed by atoms with Crippen molar-refractivity contribution in [3.8, 4) is 5.75 Å². The van der Waals surface area contributed by atoms with Gasteiger partial charge in [-0.1, -0.05) is 19.1 Å². The van der Waals surface area contributed by atoms with Gasteiger partial charge in [0, 0.05) is 25.7 Å². The number of carbonyl (C=O) groups excluding carboxylic acids is 2. The first-order valence-electron chi connectivity index (χ1n) is 9.21. The van der Waals surface area contributed by atoms with Crippen LogP contribution in [0, 0.1) is 0 Å². The molecule has 0 aromatic heterocycles. The molecule has 2 rings (SSSR count). The second-order valence-electron chi connectivity index (χ2n) is 6.41. The van der Waals surface area contributed by atoms with Crippen LogP contribution in [0.1, 0.15) is 57.4 Å². The number of esters is 2. The van der Waals surface area contributed by atoms with Crippen molar-refractivity contribution in [1.82, 2.24) is 0 Å². The highest BCUT2D eigenvalue weighted by Gasteiger charge is 2.37. The summed E-state index contributed by atoms with van der Waals surface area (Å²) in [5.74, 6) is -0.493. The Morgan fingerprint density at radius 2 is 1.81 bits per heavy atom. The SMILES string of the molecule is CCC1(OC(=O)CCCCC(=O)OCc2ccc(OC)cc2)CCCO1. The topological polar surface area (TPSA) is 71.1 Å². The van der Waals surface area contributed by atoms with Crippen LogP contribution in [0.25, 0.3) is 0 Å². The summed E-state index contributed by atoms with van der Waals surface area (Å²) in [5, 5.41) is 0. The first kappa shape index (κ1) is 20.2. The maximum Gasteiger partial charge on any atom is 0.308 e. The predicted octanol–water partition coefficient (Wildman–Crippen LogP) is 3.76. The number of carbonyl (C=O) groups is 2. The highest BCUT2D eigenvalue weighted by molar-refractivity contribution is 5.70. The van der Waals surface area contributed by atoms with Crippen LogP contribution in [0.15, 0.2) is 24.3 Å². The zero-order valence-electron chi connectivity index (χ0n) is 15.6. The Kier molecular flexibility index (Phi) is 7.91. The van der Waals surface area contributed by atoms with Gasteiger partial charge in [-0.25, -0.2) is 0 Å². The summed E-state index contributed by atoms with van der Waals surface area (Å²) in [6.07, 6.45) is 4.10. The van der Waals surface area contributed by atoms with Gasteiger partial charge in [-0.05, 0) is 37.0 Å². The molecule has 6 nitrogen and oxygen atoms in total. The van der Waals surface area contributed by atoms with E-state index in [9.17, 15) is 9.59 Å². The van der Waals surface area contributed by atoms with Gasteiger partial charge >= 0.3 is 11.9 Å². The van der Waals surface area contributed by atoms with Crippen molar-refractivity contribution in [2.24, 2.45) is 0 Å². The van der Waals surface area contributed by atoms with Gasteiger partial charge in [0.15, 0.2) is 0 Å². The molecular formula is C20H28O6. The van der Waals surface area contributed by atoms with Crippen LogP contribution in [0.5, 0.6) is 5.75 Å². The molecule has 1 saturated heterocycles. The highest BCUT2D eigenvalue weighted by Crippen LogP contribution is 2.30. The third kappa shape index (κ3) is 6.33. The molecule has 0 radical (unpaired) electrons. The average Bonchev–Trinajstić information content (AvgIpc) is 3.13. The van der Waals surface area contributed by atoms with Crippen molar-refractivity contribution >= 4 is 11.9 Å². The van der Waals surface area contributed by atoms with E-state index >= 15 is 0 Å². The summed E-state index contributed by atoms with van der Waals surface area (Å²) in [4.78, 5) is 23.7. The molecule has 0 bridgehead atoms. The lowest BCUT2D eigenvalue weighted by Gasteiger charge is -2.26. The van der Waals surface area contributed by atoms with Crippen LogP contribution in [-0.2, 0) is 30.4 Å². The van der Waals surface area contributed by atoms with Crippen LogP contribution < -0.4 is 4.74 Å². The fourth-order valence-electron chi connectivity index (χ4n) is 2.86. The van der Waals surface area contributed by atoms with E-state index in [-0.39, 0.29) is 25.0 Å². The van der Waals surface area contributed by atoms with Crippen LogP contribution >= 0.6 is 0 Å². The molecule has 0 amide bonds. The molecule has 0 saturated carbocycles. The molecule has 0 N–H and O–H groups in total. The van der Waals surface area contributed by atoms with Gasteiger partial charge in [0.25, 0.3) is 0 Å². The number of hydrogen-bond acceptors (Lipinski definition) is 6. The van der Waals surface area contributed by atoms with Gasteiger partial charge in [-0.2, -0.15) is 0 Å². The predicted molar refractivity (Wildman–Crippen MR) is 95.6 cm³/mol. The molecule has 1 aliphatic rings. The second kappa shape index (κ2) is 10.2. The van der Waals surface area contributed by atoms with E-state index in [1.165, 1.54) is 0 Å². The maximum absolute atomic E-state index is 11.9. The third-order valence-electron chi connectivity index (χ3n) is 4.48. The van der Waals surface area contributed by atoms with E-state index in [0.29, 0.717) is 32.3 Å². The number of unbranched alkanes of at least 4 members (excludes halogenated alkanes) is 1. The average molecular weight is 364 g/mol. The van der Waals surface area contributed by atoms with Crippen LogP contribution in [0.3, 0.4) is 0 Å². The van der Waals surface area contributed by atoms with Gasteiger partial charge < -0.3 is 18.9 Å². The molecule has 26 heavy (non-hydrogen) atoms. The van der Waals surface area contributed by atoms with E-state index in [2.05, 4.69) is 0 Å². The Balaban J connectivity index is 1.58. The van der Waals surface area contributed by atoms with Crippen LogP contribution in [0.2, 0.25) is 0 Å². The maximum atomic E-state index is 11.9. The van der Waals surface area contributed by atoms with Crippen molar-refractivity contribution in [2.45, 2.75) is 64.3 Å². The van der Waals surface area contributed by atoms with Gasteiger partial charge in [-0.15, -0.1) is 0 Å². The highest BCUT2D eigenvalue weighted by atomic mass is 16.7. The monoisotopic (exact) mass is 364 g/mol. The number of benzene rings is 1. The molecule has 0 spiro atoms. The molecule has 1 aromatic rings. The number of methoxy groups -OCH3 is 1. The van der Waals surface area contributed by atoms with Gasteiger partial charge in [-0.3, -0.25) is 9.59 Å². The minimum Gasteiger partial charge on any atom is -0.497 e. The van der Waals surface area contributed by atoms with E-state index in [1.807, 2.05) is 31.2 Å². The quantitative estimate of drug-likeness (QED) is 0.465. The summed E-state index contributed by atoms with van der Waals surface area (Å²) in [7, 11) is 1.60. The number of hydrogen-bond donors (Lipinski definition) is 0. The summed E-state index contributed by atoms with van der Waals surface area (Å²) < 4.78 is 21.4. The second-order valence-corrected chi connectivity index (χ2v) is 6.41. The lowest BCUT2D eigenvalue weighted by Crippen LogP contribution is -2.33. The Labute approximate surface area is 154 Å². The van der Waals surface area contributed by atoms with Crippen LogP contribution in [0.4, 0.5) is 0 Å². The van der Waals surface area contributed by atoms with Gasteiger partial charge in [0.2, 0.25) is 5.79 Å². The smallest absolute Gasteiger partial charge is 0.308 e. The summed E-state index contributed by atoms with van der Waals surface area (Å²) >= 11 is 0. The van der Waals surface area contributed by atoms with E-state index in [0.717, 1.165) is 24.2 Å². The molecule has 1 unspecified atom stereocenters. The summed E-state index contributed by atoms with van der Waals surface area (Å²) in [5.41, 5.74) is 0.907. The Morgan fingerprint density at radius 3 is 2.38 bits per heavy atom. The van der Waals surface area contributed by atoms with E-state index in [1.54, 1.807) is 7.11 Å². The van der Waals surface area contributed by atoms with Crippen LogP contribution in [-0.4, -0.2) is 31.4 Å². The van der Waals surface area contributed by atoms with Crippen molar-refractivity contribution < 1.29 is 28.5 Å². The normalized spacial score (nSPS) is 19.2. The molecular weight excluding hydrogens is 336 g/mol. The minimum atomic E-state index is -0.728. The van der Waals surface area contributed by atoms with Crippen molar-refractivity contribution in [3.63, 3.8) is 0 Å². The molecule has 1 aliphatic heterocycles. The Hall–Kier alpha value is -2.08. The van der Waals surface area contributed by atoms with E-state index < -0.39 is 5.79 Å². The lowest BCUT2D eigenvalue weighted by atomic mass is 10.1. The Bertz CT molecular complexity index is 574. The zero-order chi connectivity index (χ0) is 18.8. The number of rotatable bonds is 10. The van der Waals surface area contributed by atoms with E-state index in [4.69, 9.17) is 18.9 Å². The molecule has 1 fully saturated rings. The summed E-state index contributed by atoms with van der Waals surface area (Å²) in [6.45, 7) is 2.83. The van der Waals surface area contributed by atoms with Crippen molar-refractivity contribution in [3.05, 3.63) is 29.8 Å². The fraction of sp³-hybridized carbons (Fsp3) is 0.600. The minimum absolute atomic E-state index is 0.237.